The van der Waals surface area contributed by atoms with E-state index in [4.69, 9.17) is 10.5 Å². The summed E-state index contributed by atoms with van der Waals surface area (Å²) in [5.41, 5.74) is 8.15. The number of hydrogen-bond acceptors (Lipinski definition) is 4. The van der Waals surface area contributed by atoms with Crippen molar-refractivity contribution in [2.75, 3.05) is 18.0 Å². The largest absolute Gasteiger partial charge is 0.443 e. The van der Waals surface area contributed by atoms with Gasteiger partial charge in [0.05, 0.1) is 12.2 Å². The van der Waals surface area contributed by atoms with Gasteiger partial charge in [0.1, 0.15) is 6.10 Å². The van der Waals surface area contributed by atoms with Gasteiger partial charge < -0.3 is 15.0 Å². The molecule has 2 aliphatic heterocycles. The molecule has 22 heavy (non-hydrogen) atoms. The number of amides is 1. The van der Waals surface area contributed by atoms with Crippen molar-refractivity contribution in [2.24, 2.45) is 5.73 Å². The number of Topliss-reactive ketones (excluding diaryl/α,β-unsaturated/α-hetero) is 1. The molecule has 6 heteroatoms. The highest BCUT2D eigenvalue weighted by Gasteiger charge is 2.31. The van der Waals surface area contributed by atoms with Gasteiger partial charge >= 0.3 is 6.09 Å². The van der Waals surface area contributed by atoms with Gasteiger partial charge in [0.15, 0.2) is 5.78 Å². The molecule has 2 aromatic rings. The van der Waals surface area contributed by atoms with Crippen LogP contribution in [0.5, 0.6) is 0 Å². The number of carbonyl (C=O) groups is 2. The Balaban J connectivity index is 1.76. The first kappa shape index (κ1) is 13.3. The van der Waals surface area contributed by atoms with Crippen LogP contribution in [-0.2, 0) is 11.3 Å². The molecule has 0 spiro atoms. The number of aryl methyl sites for hydroxylation is 1. The minimum absolute atomic E-state index is 0.188. The van der Waals surface area contributed by atoms with E-state index in [1.165, 1.54) is 0 Å². The summed E-state index contributed by atoms with van der Waals surface area (Å²) < 4.78 is 7.26. The molecule has 1 amide bonds. The molecule has 1 aromatic heterocycles. The highest BCUT2D eigenvalue weighted by atomic mass is 16.6. The summed E-state index contributed by atoms with van der Waals surface area (Å²) in [7, 11) is 0. The van der Waals surface area contributed by atoms with Crippen LogP contribution in [0.4, 0.5) is 10.5 Å². The molecule has 6 nitrogen and oxygen atoms in total. The van der Waals surface area contributed by atoms with Crippen LogP contribution in [0.3, 0.4) is 0 Å². The summed E-state index contributed by atoms with van der Waals surface area (Å²) in [6.07, 6.45) is 0.871. The van der Waals surface area contributed by atoms with Crippen molar-refractivity contribution in [3.63, 3.8) is 0 Å². The zero-order chi connectivity index (χ0) is 15.3. The van der Waals surface area contributed by atoms with E-state index < -0.39 is 0 Å². The van der Waals surface area contributed by atoms with Crippen molar-refractivity contribution in [3.05, 3.63) is 30.0 Å². The van der Waals surface area contributed by atoms with Gasteiger partial charge in [-0.05, 0) is 30.7 Å². The average molecular weight is 299 g/mol. The molecular formula is C16H17N3O3. The van der Waals surface area contributed by atoms with E-state index >= 15 is 0 Å². The van der Waals surface area contributed by atoms with Gasteiger partial charge in [0.2, 0.25) is 0 Å². The second-order valence-corrected chi connectivity index (χ2v) is 5.80. The fourth-order valence-electron chi connectivity index (χ4n) is 3.28. The highest BCUT2D eigenvalue weighted by Crippen LogP contribution is 2.30. The Morgan fingerprint density at radius 1 is 1.27 bits per heavy atom. The Labute approximate surface area is 127 Å². The van der Waals surface area contributed by atoms with Gasteiger partial charge in [-0.1, -0.05) is 0 Å². The van der Waals surface area contributed by atoms with Crippen LogP contribution in [0, 0.1) is 0 Å². The number of nitrogens with two attached hydrogens (primary N) is 1. The summed E-state index contributed by atoms with van der Waals surface area (Å²) >= 11 is 0. The molecule has 1 saturated heterocycles. The molecule has 2 aliphatic rings. The number of aromatic nitrogens is 1. The summed E-state index contributed by atoms with van der Waals surface area (Å²) in [6.45, 7) is 1.65. The zero-order valence-corrected chi connectivity index (χ0v) is 12.1. The molecule has 0 aliphatic carbocycles. The summed E-state index contributed by atoms with van der Waals surface area (Å²) in [5.74, 6) is 0.188. The first-order chi connectivity index (χ1) is 10.7. The van der Waals surface area contributed by atoms with Gasteiger partial charge in [-0.15, -0.1) is 0 Å². The van der Waals surface area contributed by atoms with E-state index in [9.17, 15) is 9.59 Å². The fraction of sp³-hybridized carbons (Fsp3) is 0.375. The van der Waals surface area contributed by atoms with Gasteiger partial charge in [-0.3, -0.25) is 9.69 Å². The normalized spacial score (nSPS) is 21.3. The predicted molar refractivity (Wildman–Crippen MR) is 82.2 cm³/mol. The Morgan fingerprint density at radius 3 is 2.91 bits per heavy atom. The van der Waals surface area contributed by atoms with Crippen LogP contribution in [0.15, 0.2) is 24.3 Å². The number of ether oxygens (including phenoxy) is 1. The lowest BCUT2D eigenvalue weighted by Crippen LogP contribution is -2.27. The Morgan fingerprint density at radius 2 is 2.14 bits per heavy atom. The van der Waals surface area contributed by atoms with Crippen molar-refractivity contribution < 1.29 is 14.3 Å². The Kier molecular flexibility index (Phi) is 2.94. The lowest BCUT2D eigenvalue weighted by molar-refractivity contribution is 0.0956. The molecule has 2 N–H and O–H groups in total. The maximum atomic E-state index is 12.0. The lowest BCUT2D eigenvalue weighted by Gasteiger charge is -2.15. The molecular weight excluding hydrogens is 282 g/mol. The number of carbonyl (C=O) groups excluding carboxylic acids is 2. The van der Waals surface area contributed by atoms with E-state index in [1.54, 1.807) is 4.90 Å². The SMILES string of the molecule is NC[C@H]1CN(c2ccc3c(c2)cc2n3CCCC2=O)C(=O)O1. The highest BCUT2D eigenvalue weighted by molar-refractivity contribution is 6.02. The van der Waals surface area contributed by atoms with E-state index in [0.717, 1.165) is 35.2 Å². The van der Waals surface area contributed by atoms with E-state index in [1.807, 2.05) is 24.3 Å². The number of fused-ring (bicyclic) bond motifs is 3. The maximum absolute atomic E-state index is 12.0. The number of anilines is 1. The van der Waals surface area contributed by atoms with Crippen molar-refractivity contribution in [1.29, 1.82) is 0 Å². The summed E-state index contributed by atoms with van der Waals surface area (Å²) in [6, 6.07) is 7.72. The van der Waals surface area contributed by atoms with E-state index in [-0.39, 0.29) is 18.0 Å². The molecule has 114 valence electrons. The van der Waals surface area contributed by atoms with Gasteiger partial charge in [0, 0.05) is 36.1 Å². The number of benzene rings is 1. The predicted octanol–water partition coefficient (Wildman–Crippen LogP) is 1.90. The summed E-state index contributed by atoms with van der Waals surface area (Å²) in [5, 5.41) is 0.978. The van der Waals surface area contributed by atoms with Crippen LogP contribution in [0.2, 0.25) is 0 Å². The molecule has 0 saturated carbocycles. The third kappa shape index (κ3) is 1.91. The van der Waals surface area contributed by atoms with Crippen LogP contribution >= 0.6 is 0 Å². The topological polar surface area (TPSA) is 77.6 Å². The van der Waals surface area contributed by atoms with E-state index in [2.05, 4.69) is 4.57 Å². The lowest BCUT2D eigenvalue weighted by atomic mass is 10.1. The van der Waals surface area contributed by atoms with Crippen LogP contribution in [0.25, 0.3) is 10.9 Å². The molecule has 4 rings (SSSR count). The van der Waals surface area contributed by atoms with Crippen LogP contribution in [0.1, 0.15) is 23.3 Å². The molecule has 1 atom stereocenters. The van der Waals surface area contributed by atoms with Gasteiger partial charge in [-0.25, -0.2) is 4.79 Å². The fourth-order valence-corrected chi connectivity index (χ4v) is 3.28. The Hall–Kier alpha value is -2.34. The third-order valence-electron chi connectivity index (χ3n) is 4.40. The second kappa shape index (κ2) is 4.84. The number of cyclic esters (lactones) is 1. The minimum Gasteiger partial charge on any atom is -0.443 e. The molecule has 0 bridgehead atoms. The first-order valence-corrected chi connectivity index (χ1v) is 7.52. The smallest absolute Gasteiger partial charge is 0.414 e. The molecule has 1 aromatic carbocycles. The first-order valence-electron chi connectivity index (χ1n) is 7.52. The molecule has 0 radical (unpaired) electrons. The van der Waals surface area contributed by atoms with Gasteiger partial charge in [0.25, 0.3) is 0 Å². The van der Waals surface area contributed by atoms with Crippen molar-refractivity contribution >= 4 is 28.5 Å². The number of nitrogens with zero attached hydrogens (tertiary/aromatic N) is 2. The molecule has 0 unspecified atom stereocenters. The maximum Gasteiger partial charge on any atom is 0.414 e. The summed E-state index contributed by atoms with van der Waals surface area (Å²) in [4.78, 5) is 25.5. The number of ketones is 1. The third-order valence-corrected chi connectivity index (χ3v) is 4.40. The van der Waals surface area contributed by atoms with Crippen LogP contribution in [-0.4, -0.2) is 35.6 Å². The van der Waals surface area contributed by atoms with Crippen molar-refractivity contribution in [3.8, 4) is 0 Å². The average Bonchev–Trinajstić information content (AvgIpc) is 3.08. The van der Waals surface area contributed by atoms with Crippen LogP contribution < -0.4 is 10.6 Å². The van der Waals surface area contributed by atoms with Gasteiger partial charge in [-0.2, -0.15) is 0 Å². The van der Waals surface area contributed by atoms with Crippen molar-refractivity contribution in [2.45, 2.75) is 25.5 Å². The standard InChI is InChI=1S/C16H17N3O3/c17-8-12-9-19(16(21)22-12)11-3-4-13-10(6-11)7-14-15(20)2-1-5-18(13)14/h3-4,6-7,12H,1-2,5,8-9,17H2/t12-/m0/s1. The Bertz CT molecular complexity index is 780. The minimum atomic E-state index is -0.366. The quantitative estimate of drug-likeness (QED) is 0.918. The zero-order valence-electron chi connectivity index (χ0n) is 12.1. The molecule has 1 fully saturated rings. The molecule has 3 heterocycles. The van der Waals surface area contributed by atoms with E-state index in [0.29, 0.717) is 19.5 Å². The number of rotatable bonds is 2. The second-order valence-electron chi connectivity index (χ2n) is 5.80. The number of hydrogen-bond donors (Lipinski definition) is 1. The monoisotopic (exact) mass is 299 g/mol. The van der Waals surface area contributed by atoms with Crippen molar-refractivity contribution in [1.82, 2.24) is 4.57 Å².